The monoisotopic (exact) mass is 311 g/mol. The standard InChI is InChI=1S/C13H13NO4S2/c1-2-18-10-5-8(3-4-9(10)16)6-11-12(17)14(7-15)13(19)20-11/h3-6,15,17H,2,7H2,1H3. The normalized spacial score (nSPS) is 16.6. The molecule has 0 aliphatic heterocycles. The summed E-state index contributed by atoms with van der Waals surface area (Å²) in [6.07, 6.45) is 6.34. The summed E-state index contributed by atoms with van der Waals surface area (Å²) < 4.78 is 6.83. The van der Waals surface area contributed by atoms with Crippen LogP contribution in [0.5, 0.6) is 5.88 Å². The molecule has 2 N–H and O–H groups in total. The third-order valence-electron chi connectivity index (χ3n) is 2.60. The maximum Gasteiger partial charge on any atom is 0.220 e. The maximum atomic E-state index is 11.5. The van der Waals surface area contributed by atoms with Crippen LogP contribution in [0.1, 0.15) is 11.8 Å². The minimum absolute atomic E-state index is 0.0911. The van der Waals surface area contributed by atoms with Crippen molar-refractivity contribution in [1.29, 1.82) is 0 Å². The molecule has 0 spiro atoms. The Morgan fingerprint density at radius 2 is 2.25 bits per heavy atom. The van der Waals surface area contributed by atoms with Gasteiger partial charge in [0.2, 0.25) is 11.7 Å². The average molecular weight is 311 g/mol. The molecule has 1 aromatic rings. The first-order valence-electron chi connectivity index (χ1n) is 5.89. The first-order chi connectivity index (χ1) is 9.56. The topological polar surface area (TPSA) is 71.7 Å². The van der Waals surface area contributed by atoms with Crippen molar-refractivity contribution in [1.82, 2.24) is 4.57 Å². The van der Waals surface area contributed by atoms with Gasteiger partial charge in [-0.25, -0.2) is 0 Å². The van der Waals surface area contributed by atoms with E-state index in [0.717, 1.165) is 0 Å². The van der Waals surface area contributed by atoms with E-state index in [9.17, 15) is 9.90 Å². The van der Waals surface area contributed by atoms with Crippen molar-refractivity contribution in [2.24, 2.45) is 0 Å². The molecule has 0 saturated carbocycles. The molecular formula is C13H13NO4S2. The first-order valence-corrected chi connectivity index (χ1v) is 7.11. The molecule has 0 saturated heterocycles. The largest absolute Gasteiger partial charge is 0.493 e. The van der Waals surface area contributed by atoms with Gasteiger partial charge in [-0.1, -0.05) is 6.08 Å². The minimum Gasteiger partial charge on any atom is -0.493 e. The number of rotatable bonds is 4. The Labute approximate surface area is 124 Å². The van der Waals surface area contributed by atoms with Crippen molar-refractivity contribution in [2.45, 2.75) is 13.7 Å². The second-order valence-electron chi connectivity index (χ2n) is 3.91. The number of nitrogens with zero attached hydrogens (tertiary/aromatic N) is 1. The molecule has 106 valence electrons. The van der Waals surface area contributed by atoms with E-state index in [4.69, 9.17) is 22.1 Å². The second-order valence-corrected chi connectivity index (χ2v) is 5.58. The summed E-state index contributed by atoms with van der Waals surface area (Å²) in [6, 6.07) is 0. The predicted octanol–water partition coefficient (Wildman–Crippen LogP) is 2.38. The van der Waals surface area contributed by atoms with Gasteiger partial charge >= 0.3 is 0 Å². The van der Waals surface area contributed by atoms with Gasteiger partial charge in [-0.15, -0.1) is 11.3 Å². The van der Waals surface area contributed by atoms with E-state index in [-0.39, 0.29) is 24.2 Å². The van der Waals surface area contributed by atoms with Gasteiger partial charge in [-0.3, -0.25) is 9.36 Å². The molecule has 0 amide bonds. The molecule has 0 unspecified atom stereocenters. The van der Waals surface area contributed by atoms with Gasteiger partial charge < -0.3 is 14.9 Å². The van der Waals surface area contributed by atoms with Gasteiger partial charge in [0.1, 0.15) is 6.73 Å². The lowest BCUT2D eigenvalue weighted by molar-refractivity contribution is -0.114. The van der Waals surface area contributed by atoms with Gasteiger partial charge in [0.15, 0.2) is 9.71 Å². The van der Waals surface area contributed by atoms with E-state index in [0.29, 0.717) is 21.0 Å². The summed E-state index contributed by atoms with van der Waals surface area (Å²) in [4.78, 5) is 12.1. The van der Waals surface area contributed by atoms with E-state index in [1.54, 1.807) is 25.2 Å². The van der Waals surface area contributed by atoms with Crippen LogP contribution >= 0.6 is 23.6 Å². The molecule has 1 aliphatic rings. The number of aromatic hydroxyl groups is 1. The predicted molar refractivity (Wildman–Crippen MR) is 78.9 cm³/mol. The van der Waals surface area contributed by atoms with Crippen molar-refractivity contribution in [3.63, 3.8) is 0 Å². The highest BCUT2D eigenvalue weighted by atomic mass is 32.1. The Hall–Kier alpha value is -1.70. The van der Waals surface area contributed by atoms with Crippen molar-refractivity contribution in [3.05, 3.63) is 38.4 Å². The minimum atomic E-state index is -0.376. The van der Waals surface area contributed by atoms with Crippen LogP contribution < -0.4 is 0 Å². The van der Waals surface area contributed by atoms with Crippen molar-refractivity contribution in [2.75, 3.05) is 6.61 Å². The summed E-state index contributed by atoms with van der Waals surface area (Å²) in [5.41, 5.74) is 0.713. The number of ether oxygens (including phenoxy) is 1. The number of aliphatic hydroxyl groups excluding tert-OH is 1. The Kier molecular flexibility index (Phi) is 4.53. The van der Waals surface area contributed by atoms with Crippen LogP contribution in [0.4, 0.5) is 0 Å². The summed E-state index contributed by atoms with van der Waals surface area (Å²) in [5, 5.41) is 19.0. The molecule has 0 bridgehead atoms. The van der Waals surface area contributed by atoms with E-state index in [1.165, 1.54) is 22.0 Å². The highest BCUT2D eigenvalue weighted by molar-refractivity contribution is 7.73. The number of hydrogen-bond acceptors (Lipinski definition) is 6. The molecule has 0 radical (unpaired) electrons. The molecule has 0 atom stereocenters. The second kappa shape index (κ2) is 6.17. The zero-order valence-electron chi connectivity index (χ0n) is 10.7. The van der Waals surface area contributed by atoms with Crippen LogP contribution in [0.3, 0.4) is 0 Å². The highest BCUT2D eigenvalue weighted by Gasteiger charge is 2.14. The fourth-order valence-electron chi connectivity index (χ4n) is 1.67. The smallest absolute Gasteiger partial charge is 0.220 e. The van der Waals surface area contributed by atoms with Crippen LogP contribution in [-0.4, -0.2) is 27.2 Å². The Morgan fingerprint density at radius 3 is 2.85 bits per heavy atom. The molecule has 20 heavy (non-hydrogen) atoms. The zero-order chi connectivity index (χ0) is 14.7. The van der Waals surface area contributed by atoms with E-state index in [1.807, 2.05) is 0 Å². The van der Waals surface area contributed by atoms with E-state index >= 15 is 0 Å². The van der Waals surface area contributed by atoms with Gasteiger partial charge in [-0.05, 0) is 42.9 Å². The fourth-order valence-corrected chi connectivity index (χ4v) is 2.92. The number of aromatic nitrogens is 1. The molecule has 0 fully saturated rings. The van der Waals surface area contributed by atoms with Crippen LogP contribution in [0.15, 0.2) is 29.6 Å². The molecule has 2 rings (SSSR count). The molecule has 1 aromatic heterocycles. The van der Waals surface area contributed by atoms with E-state index < -0.39 is 0 Å². The van der Waals surface area contributed by atoms with Crippen LogP contribution in [0.25, 0.3) is 6.08 Å². The van der Waals surface area contributed by atoms with E-state index in [2.05, 4.69) is 0 Å². The molecule has 1 heterocycles. The van der Waals surface area contributed by atoms with Crippen molar-refractivity contribution >= 4 is 35.4 Å². The number of thiazole rings is 1. The summed E-state index contributed by atoms with van der Waals surface area (Å²) >= 11 is 6.21. The number of carbonyl (C=O) groups is 1. The van der Waals surface area contributed by atoms with Gasteiger partial charge in [0.05, 0.1) is 11.5 Å². The maximum absolute atomic E-state index is 11.5. The fraction of sp³-hybridized carbons (Fsp3) is 0.231. The first kappa shape index (κ1) is 14.7. The Bertz CT molecular complexity index is 679. The van der Waals surface area contributed by atoms with Crippen LogP contribution in [0, 0.1) is 3.95 Å². The summed E-state index contributed by atoms with van der Waals surface area (Å²) in [7, 11) is 0. The zero-order valence-corrected chi connectivity index (χ0v) is 12.3. The third-order valence-corrected chi connectivity index (χ3v) is 3.99. The average Bonchev–Trinajstić information content (AvgIpc) is 2.68. The van der Waals surface area contributed by atoms with Crippen LogP contribution in [-0.2, 0) is 16.3 Å². The Morgan fingerprint density at radius 1 is 1.50 bits per heavy atom. The van der Waals surface area contributed by atoms with Crippen molar-refractivity contribution in [3.8, 4) is 5.88 Å². The van der Waals surface area contributed by atoms with Gasteiger partial charge in [0, 0.05) is 0 Å². The van der Waals surface area contributed by atoms with Crippen LogP contribution in [0.2, 0.25) is 0 Å². The lowest BCUT2D eigenvalue weighted by Crippen LogP contribution is -2.06. The van der Waals surface area contributed by atoms with Gasteiger partial charge in [-0.2, -0.15) is 0 Å². The molecule has 0 aromatic carbocycles. The quantitative estimate of drug-likeness (QED) is 0.835. The van der Waals surface area contributed by atoms with Gasteiger partial charge in [0.25, 0.3) is 0 Å². The number of allylic oxidation sites excluding steroid dienone is 4. The molecular weight excluding hydrogens is 298 g/mol. The number of carbonyl (C=O) groups excluding carboxylic acids is 1. The third kappa shape index (κ3) is 2.90. The lowest BCUT2D eigenvalue weighted by Gasteiger charge is -2.09. The molecule has 1 aliphatic carbocycles. The molecule has 7 heteroatoms. The number of ketones is 1. The molecule has 5 nitrogen and oxygen atoms in total. The number of aliphatic hydroxyl groups is 1. The summed E-state index contributed by atoms with van der Waals surface area (Å²) in [5.74, 6) is -0.00799. The lowest BCUT2D eigenvalue weighted by atomic mass is 10.1. The number of hydrogen-bond donors (Lipinski definition) is 2. The SMILES string of the molecule is CCOC1=CC(=Cc2sc(=S)n(CO)c2O)C=CC1=O. The highest BCUT2D eigenvalue weighted by Crippen LogP contribution is 2.29. The summed E-state index contributed by atoms with van der Waals surface area (Å²) in [6.45, 7) is 1.83. The Balaban J connectivity index is 2.39. The van der Waals surface area contributed by atoms with Crippen molar-refractivity contribution < 1.29 is 19.7 Å².